The Morgan fingerprint density at radius 2 is 1.56 bits per heavy atom. The van der Waals surface area contributed by atoms with Gasteiger partial charge in [-0.1, -0.05) is 34.6 Å². The number of hydrogen-bond donors (Lipinski definition) is 2. The lowest BCUT2D eigenvalue weighted by atomic mass is 9.61. The molecule has 1 aliphatic carbocycles. The average molecular weight is 227 g/mol. The van der Waals surface area contributed by atoms with Gasteiger partial charge in [0.1, 0.15) is 0 Å². The van der Waals surface area contributed by atoms with Crippen LogP contribution in [0.3, 0.4) is 0 Å². The van der Waals surface area contributed by atoms with Gasteiger partial charge < -0.3 is 10.8 Å². The predicted molar refractivity (Wildman–Crippen MR) is 69.2 cm³/mol. The van der Waals surface area contributed by atoms with Gasteiger partial charge in [-0.25, -0.2) is 0 Å². The first-order valence-corrected chi connectivity index (χ1v) is 6.55. The molecule has 1 rings (SSSR count). The van der Waals surface area contributed by atoms with Crippen molar-refractivity contribution in [1.82, 2.24) is 0 Å². The summed E-state index contributed by atoms with van der Waals surface area (Å²) >= 11 is 0. The third-order valence-corrected chi connectivity index (χ3v) is 4.81. The van der Waals surface area contributed by atoms with Crippen LogP contribution in [0, 0.1) is 16.7 Å². The maximum Gasteiger partial charge on any atom is 0.0710 e. The Morgan fingerprint density at radius 1 is 1.12 bits per heavy atom. The highest BCUT2D eigenvalue weighted by molar-refractivity contribution is 4.98. The topological polar surface area (TPSA) is 46.2 Å². The van der Waals surface area contributed by atoms with Gasteiger partial charge in [-0.15, -0.1) is 0 Å². The van der Waals surface area contributed by atoms with Crippen LogP contribution < -0.4 is 5.73 Å². The summed E-state index contributed by atoms with van der Waals surface area (Å²) in [7, 11) is 0. The van der Waals surface area contributed by atoms with Crippen molar-refractivity contribution < 1.29 is 5.11 Å². The molecule has 1 aliphatic rings. The van der Waals surface area contributed by atoms with E-state index in [0.29, 0.717) is 12.0 Å². The highest BCUT2D eigenvalue weighted by atomic mass is 16.3. The van der Waals surface area contributed by atoms with E-state index >= 15 is 0 Å². The van der Waals surface area contributed by atoms with Gasteiger partial charge in [0.05, 0.1) is 5.60 Å². The smallest absolute Gasteiger partial charge is 0.0710 e. The predicted octanol–water partition coefficient (Wildman–Crippen LogP) is 2.94. The Labute approximate surface area is 101 Å². The molecule has 1 fully saturated rings. The molecule has 96 valence electrons. The fourth-order valence-electron chi connectivity index (χ4n) is 2.83. The fourth-order valence-corrected chi connectivity index (χ4v) is 2.83. The minimum Gasteiger partial charge on any atom is -0.389 e. The van der Waals surface area contributed by atoms with Crippen LogP contribution in [0.4, 0.5) is 0 Å². The van der Waals surface area contributed by atoms with Crippen LogP contribution in [0.15, 0.2) is 0 Å². The van der Waals surface area contributed by atoms with Crippen LogP contribution in [0.2, 0.25) is 0 Å². The van der Waals surface area contributed by atoms with Crippen molar-refractivity contribution in [3.8, 4) is 0 Å². The molecule has 0 amide bonds. The van der Waals surface area contributed by atoms with Gasteiger partial charge in [-0.3, -0.25) is 0 Å². The van der Waals surface area contributed by atoms with Crippen molar-refractivity contribution in [2.75, 3.05) is 6.54 Å². The van der Waals surface area contributed by atoms with Gasteiger partial charge in [0.15, 0.2) is 0 Å². The molecule has 2 nitrogen and oxygen atoms in total. The molecule has 0 atom stereocenters. The zero-order valence-corrected chi connectivity index (χ0v) is 11.6. The maximum absolute atomic E-state index is 10.7. The summed E-state index contributed by atoms with van der Waals surface area (Å²) in [5, 5.41) is 10.7. The zero-order valence-electron chi connectivity index (χ0n) is 11.6. The number of hydrogen-bond acceptors (Lipinski definition) is 2. The van der Waals surface area contributed by atoms with Crippen molar-refractivity contribution in [3.63, 3.8) is 0 Å². The van der Waals surface area contributed by atoms with E-state index in [1.807, 2.05) is 0 Å². The first-order chi connectivity index (χ1) is 7.12. The number of nitrogens with two attached hydrogens (primary N) is 1. The average Bonchev–Trinajstić information content (AvgIpc) is 2.16. The third kappa shape index (κ3) is 2.60. The second-order valence-corrected chi connectivity index (χ2v) is 7.26. The highest BCUT2D eigenvalue weighted by Crippen LogP contribution is 2.47. The standard InChI is InChI=1S/C14H29NO/c1-12(2,3)11-6-8-14(16,9-7-11)13(4,5)10-15/h11,16H,6-10,15H2,1-5H3. The van der Waals surface area contributed by atoms with Gasteiger partial charge in [0, 0.05) is 12.0 Å². The van der Waals surface area contributed by atoms with E-state index in [1.165, 1.54) is 0 Å². The van der Waals surface area contributed by atoms with Gasteiger partial charge in [-0.05, 0) is 37.0 Å². The summed E-state index contributed by atoms with van der Waals surface area (Å²) in [6.07, 6.45) is 4.06. The molecule has 2 heteroatoms. The molecule has 0 bridgehead atoms. The molecule has 0 aliphatic heterocycles. The van der Waals surface area contributed by atoms with Crippen LogP contribution in [0.25, 0.3) is 0 Å². The van der Waals surface area contributed by atoms with Crippen molar-refractivity contribution in [2.45, 2.75) is 65.9 Å². The first-order valence-electron chi connectivity index (χ1n) is 6.55. The number of rotatable bonds is 2. The summed E-state index contributed by atoms with van der Waals surface area (Å²) in [6.45, 7) is 11.6. The monoisotopic (exact) mass is 227 g/mol. The van der Waals surface area contributed by atoms with Crippen LogP contribution >= 0.6 is 0 Å². The molecule has 0 aromatic rings. The molecule has 0 saturated heterocycles. The van der Waals surface area contributed by atoms with Crippen molar-refractivity contribution in [1.29, 1.82) is 0 Å². The normalized spacial score (nSPS) is 32.8. The molecule has 0 aromatic heterocycles. The van der Waals surface area contributed by atoms with E-state index in [4.69, 9.17) is 5.73 Å². The minimum absolute atomic E-state index is 0.157. The molecule has 0 spiro atoms. The van der Waals surface area contributed by atoms with E-state index in [2.05, 4.69) is 34.6 Å². The largest absolute Gasteiger partial charge is 0.389 e. The molecule has 3 N–H and O–H groups in total. The highest BCUT2D eigenvalue weighted by Gasteiger charge is 2.46. The van der Waals surface area contributed by atoms with Crippen molar-refractivity contribution in [3.05, 3.63) is 0 Å². The lowest BCUT2D eigenvalue weighted by Gasteiger charge is -2.48. The van der Waals surface area contributed by atoms with Crippen molar-refractivity contribution >= 4 is 0 Å². The summed E-state index contributed by atoms with van der Waals surface area (Å²) in [6, 6.07) is 0. The van der Waals surface area contributed by atoms with E-state index in [9.17, 15) is 5.11 Å². The SMILES string of the molecule is CC(C)(C)C1CCC(O)(C(C)(C)CN)CC1. The van der Waals surface area contributed by atoms with Gasteiger partial charge >= 0.3 is 0 Å². The zero-order chi connectivity index (χ0) is 12.6. The molecule has 0 unspecified atom stereocenters. The molecular formula is C14H29NO. The quantitative estimate of drug-likeness (QED) is 0.762. The lowest BCUT2D eigenvalue weighted by Crippen LogP contribution is -2.51. The molecule has 0 radical (unpaired) electrons. The van der Waals surface area contributed by atoms with Crippen LogP contribution in [0.5, 0.6) is 0 Å². The van der Waals surface area contributed by atoms with Gasteiger partial charge in [0.25, 0.3) is 0 Å². The Balaban J connectivity index is 2.67. The van der Waals surface area contributed by atoms with Crippen LogP contribution in [0.1, 0.15) is 60.3 Å². The van der Waals surface area contributed by atoms with Crippen LogP contribution in [-0.2, 0) is 0 Å². The second kappa shape index (κ2) is 4.30. The Morgan fingerprint density at radius 3 is 1.88 bits per heavy atom. The summed E-state index contributed by atoms with van der Waals surface area (Å²) in [5.41, 5.74) is 5.44. The molecule has 0 aromatic carbocycles. The summed E-state index contributed by atoms with van der Waals surface area (Å²) in [5.74, 6) is 0.737. The lowest BCUT2D eigenvalue weighted by molar-refractivity contribution is -0.105. The van der Waals surface area contributed by atoms with E-state index in [-0.39, 0.29) is 5.41 Å². The van der Waals surface area contributed by atoms with Crippen LogP contribution in [-0.4, -0.2) is 17.3 Å². The minimum atomic E-state index is -0.552. The van der Waals surface area contributed by atoms with E-state index < -0.39 is 5.60 Å². The fraction of sp³-hybridized carbons (Fsp3) is 1.00. The number of aliphatic hydroxyl groups is 1. The molecular weight excluding hydrogens is 198 g/mol. The summed E-state index contributed by atoms with van der Waals surface area (Å²) < 4.78 is 0. The van der Waals surface area contributed by atoms with E-state index in [1.54, 1.807) is 0 Å². The Hall–Kier alpha value is -0.0800. The maximum atomic E-state index is 10.7. The first kappa shape index (κ1) is 14.0. The third-order valence-electron chi connectivity index (χ3n) is 4.81. The Kier molecular flexibility index (Phi) is 3.76. The van der Waals surface area contributed by atoms with Gasteiger partial charge in [-0.2, -0.15) is 0 Å². The molecule has 1 saturated carbocycles. The Bertz CT molecular complexity index is 232. The second-order valence-electron chi connectivity index (χ2n) is 7.26. The van der Waals surface area contributed by atoms with Crippen molar-refractivity contribution in [2.24, 2.45) is 22.5 Å². The molecule has 16 heavy (non-hydrogen) atoms. The summed E-state index contributed by atoms with van der Waals surface area (Å²) in [4.78, 5) is 0. The molecule has 0 heterocycles. The van der Waals surface area contributed by atoms with E-state index in [0.717, 1.165) is 31.6 Å². The van der Waals surface area contributed by atoms with Gasteiger partial charge in [0.2, 0.25) is 0 Å².